The lowest BCUT2D eigenvalue weighted by Crippen LogP contribution is -2.38. The lowest BCUT2D eigenvalue weighted by atomic mass is 10.1. The molecule has 1 saturated heterocycles. The van der Waals surface area contributed by atoms with Gasteiger partial charge in [0.1, 0.15) is 11.9 Å². The first kappa shape index (κ1) is 15.2. The minimum atomic E-state index is -0.0229. The number of hydrogen-bond acceptors (Lipinski definition) is 4. The second-order valence-electron chi connectivity index (χ2n) is 4.99. The van der Waals surface area contributed by atoms with Crippen LogP contribution in [0, 0.1) is 0 Å². The summed E-state index contributed by atoms with van der Waals surface area (Å²) in [5.41, 5.74) is 1.10. The lowest BCUT2D eigenvalue weighted by Gasteiger charge is -2.30. The number of carbonyl (C=O) groups excluding carboxylic acids is 1. The molecule has 0 saturated carbocycles. The summed E-state index contributed by atoms with van der Waals surface area (Å²) in [5, 5.41) is 3.30. The highest BCUT2D eigenvalue weighted by atomic mass is 32.2. The van der Waals surface area contributed by atoms with Crippen molar-refractivity contribution in [3.63, 3.8) is 0 Å². The minimum absolute atomic E-state index is 0.0229. The number of nitrogens with one attached hydrogen (secondary N) is 1. The van der Waals surface area contributed by atoms with Crippen LogP contribution in [0.1, 0.15) is 25.1 Å². The van der Waals surface area contributed by atoms with Gasteiger partial charge in [-0.15, -0.1) is 0 Å². The molecule has 0 radical (unpaired) electrons. The Balaban J connectivity index is 2.13. The molecule has 4 nitrogen and oxygen atoms in total. The zero-order valence-corrected chi connectivity index (χ0v) is 13.1. The third kappa shape index (κ3) is 3.27. The molecular weight excluding hydrogens is 272 g/mol. The summed E-state index contributed by atoms with van der Waals surface area (Å²) >= 11 is 1.82. The molecule has 2 atom stereocenters. The molecule has 1 aromatic carbocycles. The van der Waals surface area contributed by atoms with Gasteiger partial charge in [0.2, 0.25) is 5.91 Å². The zero-order valence-electron chi connectivity index (χ0n) is 12.3. The smallest absolute Gasteiger partial charge is 0.238 e. The Labute approximate surface area is 124 Å². The fourth-order valence-corrected chi connectivity index (χ4v) is 3.09. The van der Waals surface area contributed by atoms with Gasteiger partial charge >= 0.3 is 0 Å². The van der Waals surface area contributed by atoms with E-state index in [2.05, 4.69) is 18.5 Å². The van der Waals surface area contributed by atoms with E-state index in [4.69, 9.17) is 4.74 Å². The van der Waals surface area contributed by atoms with Crippen LogP contribution in [0.3, 0.4) is 0 Å². The van der Waals surface area contributed by atoms with E-state index in [0.717, 1.165) is 23.5 Å². The molecule has 1 aliphatic heterocycles. The first-order chi connectivity index (χ1) is 9.67. The summed E-state index contributed by atoms with van der Waals surface area (Å²) in [7, 11) is 1.66. The summed E-state index contributed by atoms with van der Waals surface area (Å²) in [6.45, 7) is 2.54. The van der Waals surface area contributed by atoms with Crippen LogP contribution in [0.4, 0.5) is 0 Å². The fraction of sp³-hybridized carbons (Fsp3) is 0.533. The summed E-state index contributed by atoms with van der Waals surface area (Å²) in [6.07, 6.45) is 3.09. The predicted octanol–water partition coefficient (Wildman–Crippen LogP) is 2.27. The molecular formula is C15H22N2O2S. The number of amides is 1. The Morgan fingerprint density at radius 1 is 1.45 bits per heavy atom. The van der Waals surface area contributed by atoms with Gasteiger partial charge in [0.25, 0.3) is 0 Å². The first-order valence-corrected chi connectivity index (χ1v) is 8.24. The van der Waals surface area contributed by atoms with Gasteiger partial charge in [0, 0.05) is 6.04 Å². The summed E-state index contributed by atoms with van der Waals surface area (Å²) in [4.78, 5) is 14.1. The largest absolute Gasteiger partial charge is 0.497 e. The van der Waals surface area contributed by atoms with Crippen molar-refractivity contribution in [2.24, 2.45) is 0 Å². The van der Waals surface area contributed by atoms with E-state index in [9.17, 15) is 4.79 Å². The molecule has 5 heteroatoms. The van der Waals surface area contributed by atoms with Crippen LogP contribution in [0.5, 0.6) is 5.75 Å². The van der Waals surface area contributed by atoms with Crippen LogP contribution in [-0.2, 0) is 4.79 Å². The van der Waals surface area contributed by atoms with Gasteiger partial charge in [-0.3, -0.25) is 10.1 Å². The topological polar surface area (TPSA) is 41.6 Å². The number of nitrogens with zero attached hydrogens (tertiary/aromatic N) is 1. The normalized spacial score (nSPS) is 20.2. The maximum absolute atomic E-state index is 12.1. The highest BCUT2D eigenvalue weighted by Gasteiger charge is 2.34. The van der Waals surface area contributed by atoms with Crippen LogP contribution < -0.4 is 10.1 Å². The van der Waals surface area contributed by atoms with Gasteiger partial charge < -0.3 is 9.64 Å². The number of benzene rings is 1. The van der Waals surface area contributed by atoms with Gasteiger partial charge in [-0.05, 0) is 43.0 Å². The van der Waals surface area contributed by atoms with Gasteiger partial charge in [-0.2, -0.15) is 11.8 Å². The van der Waals surface area contributed by atoms with Crippen LogP contribution in [0.2, 0.25) is 0 Å². The number of ether oxygens (including phenoxy) is 1. The highest BCUT2D eigenvalue weighted by molar-refractivity contribution is 7.98. The standard InChI is InChI=1S/C15H22N2O2S/c1-11(8-9-20-3)17-14(18)10-16-15(17)12-4-6-13(19-2)7-5-12/h4-7,11,15-16H,8-10H2,1-3H3. The third-order valence-electron chi connectivity index (χ3n) is 3.66. The summed E-state index contributed by atoms with van der Waals surface area (Å²) in [5.74, 6) is 2.08. The van der Waals surface area contributed by atoms with Crippen LogP contribution in [0.25, 0.3) is 0 Å². The molecule has 0 aromatic heterocycles. The molecule has 20 heavy (non-hydrogen) atoms. The minimum Gasteiger partial charge on any atom is -0.497 e. The first-order valence-electron chi connectivity index (χ1n) is 6.84. The van der Waals surface area contributed by atoms with E-state index >= 15 is 0 Å². The number of hydrogen-bond donors (Lipinski definition) is 1. The number of rotatable bonds is 6. The van der Waals surface area contributed by atoms with Crippen molar-refractivity contribution in [1.29, 1.82) is 0 Å². The highest BCUT2D eigenvalue weighted by Crippen LogP contribution is 2.27. The van der Waals surface area contributed by atoms with Crippen molar-refractivity contribution >= 4 is 17.7 Å². The van der Waals surface area contributed by atoms with E-state index < -0.39 is 0 Å². The molecule has 1 N–H and O–H groups in total. The van der Waals surface area contributed by atoms with Crippen LogP contribution in [0.15, 0.2) is 24.3 Å². The maximum atomic E-state index is 12.1. The Morgan fingerprint density at radius 2 is 2.15 bits per heavy atom. The van der Waals surface area contributed by atoms with E-state index in [0.29, 0.717) is 6.54 Å². The average Bonchev–Trinajstić information content (AvgIpc) is 2.86. The van der Waals surface area contributed by atoms with Crippen molar-refractivity contribution in [1.82, 2.24) is 10.2 Å². The fourth-order valence-electron chi connectivity index (χ4n) is 2.51. The molecule has 1 aliphatic rings. The quantitative estimate of drug-likeness (QED) is 0.874. The number of thioether (sulfide) groups is 1. The Bertz CT molecular complexity index is 450. The van der Waals surface area contributed by atoms with Crippen molar-refractivity contribution in [3.05, 3.63) is 29.8 Å². The maximum Gasteiger partial charge on any atom is 0.238 e. The van der Waals surface area contributed by atoms with Crippen molar-refractivity contribution in [3.8, 4) is 5.75 Å². The number of methoxy groups -OCH3 is 1. The molecule has 110 valence electrons. The van der Waals surface area contributed by atoms with Crippen molar-refractivity contribution in [2.75, 3.05) is 25.7 Å². The Hall–Kier alpha value is -1.20. The summed E-state index contributed by atoms with van der Waals surface area (Å²) < 4.78 is 5.18. The second-order valence-corrected chi connectivity index (χ2v) is 5.97. The Morgan fingerprint density at radius 3 is 2.75 bits per heavy atom. The van der Waals surface area contributed by atoms with Crippen molar-refractivity contribution < 1.29 is 9.53 Å². The lowest BCUT2D eigenvalue weighted by molar-refractivity contribution is -0.130. The van der Waals surface area contributed by atoms with Crippen molar-refractivity contribution in [2.45, 2.75) is 25.6 Å². The molecule has 0 spiro atoms. The summed E-state index contributed by atoms with van der Waals surface area (Å²) in [6, 6.07) is 8.15. The third-order valence-corrected chi connectivity index (χ3v) is 4.30. The second kappa shape index (κ2) is 6.99. The SMILES string of the molecule is COc1ccc(C2NCC(=O)N2C(C)CCSC)cc1. The molecule has 2 unspecified atom stereocenters. The Kier molecular flexibility index (Phi) is 5.31. The van der Waals surface area contributed by atoms with Gasteiger partial charge in [0.05, 0.1) is 13.7 Å². The van der Waals surface area contributed by atoms with E-state index in [-0.39, 0.29) is 18.1 Å². The number of carbonyl (C=O) groups is 1. The van der Waals surface area contributed by atoms with Crippen LogP contribution >= 0.6 is 11.8 Å². The monoisotopic (exact) mass is 294 g/mol. The van der Waals surface area contributed by atoms with E-state index in [1.165, 1.54) is 0 Å². The molecule has 0 bridgehead atoms. The average molecular weight is 294 g/mol. The molecule has 0 aliphatic carbocycles. The molecule has 1 fully saturated rings. The van der Waals surface area contributed by atoms with E-state index in [1.54, 1.807) is 7.11 Å². The van der Waals surface area contributed by atoms with E-state index in [1.807, 2.05) is 40.9 Å². The molecule has 2 rings (SSSR count). The van der Waals surface area contributed by atoms with Gasteiger partial charge in [0.15, 0.2) is 0 Å². The molecule has 1 heterocycles. The van der Waals surface area contributed by atoms with Gasteiger partial charge in [-0.1, -0.05) is 12.1 Å². The van der Waals surface area contributed by atoms with Crippen LogP contribution in [-0.4, -0.2) is 42.5 Å². The molecule has 1 aromatic rings. The zero-order chi connectivity index (χ0) is 14.5. The van der Waals surface area contributed by atoms with Gasteiger partial charge in [-0.25, -0.2) is 0 Å². The predicted molar refractivity (Wildman–Crippen MR) is 83.0 cm³/mol. The molecule has 1 amide bonds.